The molecule has 1 nitrogen and oxygen atoms in total. The first-order valence-electron chi connectivity index (χ1n) is 4.25. The predicted octanol–water partition coefficient (Wildman–Crippen LogP) is 3.09. The van der Waals surface area contributed by atoms with Gasteiger partial charge >= 0.3 is 0 Å². The number of hydrogen-bond donors (Lipinski definition) is 1. The maximum Gasteiger partial charge on any atom is 0.0348 e. The number of halogens is 2. The third-order valence-electron chi connectivity index (χ3n) is 1.90. The van der Waals surface area contributed by atoms with Gasteiger partial charge in [0.05, 0.1) is 0 Å². The molecule has 13 heavy (non-hydrogen) atoms. The predicted molar refractivity (Wildman–Crippen MR) is 61.3 cm³/mol. The molecule has 0 spiro atoms. The van der Waals surface area contributed by atoms with Crippen molar-refractivity contribution in [1.29, 1.82) is 0 Å². The number of benzene rings is 1. The summed E-state index contributed by atoms with van der Waals surface area (Å²) in [4.78, 5) is 0. The normalized spacial score (nSPS) is 10.4. The van der Waals surface area contributed by atoms with Crippen LogP contribution in [-0.2, 0) is 6.54 Å². The van der Waals surface area contributed by atoms with E-state index in [1.54, 1.807) is 0 Å². The van der Waals surface area contributed by atoms with Crippen molar-refractivity contribution < 1.29 is 0 Å². The van der Waals surface area contributed by atoms with Gasteiger partial charge in [-0.1, -0.05) is 22.0 Å². The Bertz CT molecular complexity index is 276. The van der Waals surface area contributed by atoms with E-state index in [0.717, 1.165) is 17.6 Å². The van der Waals surface area contributed by atoms with Gasteiger partial charge in [-0.25, -0.2) is 0 Å². The fraction of sp³-hybridized carbons (Fsp3) is 0.400. The number of aryl methyl sites for hydroxylation is 1. The average Bonchev–Trinajstić information content (AvgIpc) is 2.11. The Labute approximate surface area is 92.6 Å². The third-order valence-corrected chi connectivity index (χ3v) is 2.58. The minimum atomic E-state index is 0.660. The third kappa shape index (κ3) is 3.67. The molecule has 0 radical (unpaired) electrons. The lowest BCUT2D eigenvalue weighted by atomic mass is 10.1. The lowest BCUT2D eigenvalue weighted by Gasteiger charge is -2.06. The van der Waals surface area contributed by atoms with Gasteiger partial charge in [0, 0.05) is 23.4 Å². The highest BCUT2D eigenvalue weighted by Crippen LogP contribution is 2.15. The fourth-order valence-corrected chi connectivity index (χ4v) is 1.66. The first kappa shape index (κ1) is 11.0. The van der Waals surface area contributed by atoms with Crippen LogP contribution in [0, 0.1) is 6.92 Å². The van der Waals surface area contributed by atoms with Crippen molar-refractivity contribution in [3.63, 3.8) is 0 Å². The molecule has 0 fully saturated rings. The summed E-state index contributed by atoms with van der Waals surface area (Å²) in [6.45, 7) is 3.86. The fourth-order valence-electron chi connectivity index (χ4n) is 1.12. The summed E-state index contributed by atoms with van der Waals surface area (Å²) in [5, 5.41) is 3.27. The van der Waals surface area contributed by atoms with Crippen LogP contribution in [-0.4, -0.2) is 12.4 Å². The Morgan fingerprint density at radius 2 is 2.23 bits per heavy atom. The molecule has 0 aliphatic rings. The number of alkyl halides is 1. The largest absolute Gasteiger partial charge is 0.311 e. The molecule has 0 aromatic heterocycles. The summed E-state index contributed by atoms with van der Waals surface area (Å²) in [6.07, 6.45) is 0. The van der Waals surface area contributed by atoms with E-state index in [-0.39, 0.29) is 0 Å². The molecule has 0 bridgehead atoms. The monoisotopic (exact) mass is 261 g/mol. The van der Waals surface area contributed by atoms with E-state index < -0.39 is 0 Å². The van der Waals surface area contributed by atoms with E-state index in [0.29, 0.717) is 5.88 Å². The molecule has 0 heterocycles. The molecule has 3 heteroatoms. The molecule has 0 amide bonds. The molecule has 0 saturated heterocycles. The molecule has 1 aromatic carbocycles. The zero-order valence-corrected chi connectivity index (χ0v) is 9.95. The highest BCUT2D eigenvalue weighted by Gasteiger charge is 1.97. The summed E-state index contributed by atoms with van der Waals surface area (Å²) < 4.78 is 1.13. The average molecular weight is 263 g/mol. The second kappa shape index (κ2) is 5.63. The highest BCUT2D eigenvalue weighted by atomic mass is 79.9. The van der Waals surface area contributed by atoms with Gasteiger partial charge in [-0.2, -0.15) is 0 Å². The van der Waals surface area contributed by atoms with Crippen LogP contribution in [0.1, 0.15) is 11.1 Å². The maximum atomic E-state index is 5.57. The summed E-state index contributed by atoms with van der Waals surface area (Å²) >= 11 is 9.02. The summed E-state index contributed by atoms with van der Waals surface area (Å²) in [6, 6.07) is 6.30. The zero-order valence-electron chi connectivity index (χ0n) is 7.61. The smallest absolute Gasteiger partial charge is 0.0348 e. The van der Waals surface area contributed by atoms with Crippen LogP contribution in [0.15, 0.2) is 22.7 Å². The van der Waals surface area contributed by atoms with Gasteiger partial charge in [0.25, 0.3) is 0 Å². The maximum absolute atomic E-state index is 5.57. The van der Waals surface area contributed by atoms with Gasteiger partial charge < -0.3 is 5.32 Å². The second-order valence-corrected chi connectivity index (χ2v) is 4.23. The van der Waals surface area contributed by atoms with Crippen molar-refractivity contribution in [3.8, 4) is 0 Å². The molecular weight excluding hydrogens is 249 g/mol. The van der Waals surface area contributed by atoms with E-state index in [9.17, 15) is 0 Å². The van der Waals surface area contributed by atoms with Crippen molar-refractivity contribution in [2.45, 2.75) is 13.5 Å². The van der Waals surface area contributed by atoms with Gasteiger partial charge in [-0.05, 0) is 30.2 Å². The Hall–Kier alpha value is -0.0500. The van der Waals surface area contributed by atoms with Crippen molar-refractivity contribution in [2.24, 2.45) is 0 Å². The Kier molecular flexibility index (Phi) is 4.78. The lowest BCUT2D eigenvalue weighted by molar-refractivity contribution is 0.726. The van der Waals surface area contributed by atoms with Gasteiger partial charge in [0.2, 0.25) is 0 Å². The van der Waals surface area contributed by atoms with E-state index in [4.69, 9.17) is 11.6 Å². The zero-order chi connectivity index (χ0) is 9.68. The number of nitrogens with one attached hydrogen (secondary N) is 1. The van der Waals surface area contributed by atoms with E-state index in [2.05, 4.69) is 46.4 Å². The Morgan fingerprint density at radius 3 is 2.92 bits per heavy atom. The first-order chi connectivity index (χ1) is 6.24. The van der Waals surface area contributed by atoms with Crippen molar-refractivity contribution in [3.05, 3.63) is 33.8 Å². The Morgan fingerprint density at radius 1 is 1.46 bits per heavy atom. The van der Waals surface area contributed by atoms with E-state index in [1.165, 1.54) is 11.1 Å². The quantitative estimate of drug-likeness (QED) is 0.649. The van der Waals surface area contributed by atoms with Crippen LogP contribution < -0.4 is 5.32 Å². The highest BCUT2D eigenvalue weighted by molar-refractivity contribution is 9.10. The molecule has 0 aliphatic heterocycles. The lowest BCUT2D eigenvalue weighted by Crippen LogP contribution is -2.16. The summed E-state index contributed by atoms with van der Waals surface area (Å²) in [5.41, 5.74) is 2.63. The number of rotatable bonds is 4. The molecule has 0 aliphatic carbocycles. The van der Waals surface area contributed by atoms with Crippen molar-refractivity contribution in [2.75, 3.05) is 12.4 Å². The SMILES string of the molecule is Cc1ccc(Br)cc1CNCCCl. The molecule has 0 saturated carbocycles. The Balaban J connectivity index is 2.59. The minimum absolute atomic E-state index is 0.660. The standard InChI is InChI=1S/C10H13BrClN/c1-8-2-3-10(11)6-9(8)7-13-5-4-12/h2-3,6,13H,4-5,7H2,1H3. The molecule has 1 N–H and O–H groups in total. The molecule has 1 rings (SSSR count). The molecule has 1 aromatic rings. The van der Waals surface area contributed by atoms with Gasteiger partial charge in [-0.3, -0.25) is 0 Å². The molecular formula is C10H13BrClN. The van der Waals surface area contributed by atoms with E-state index in [1.807, 2.05) is 0 Å². The summed E-state index contributed by atoms with van der Waals surface area (Å²) in [7, 11) is 0. The van der Waals surface area contributed by atoms with Gasteiger partial charge in [0.1, 0.15) is 0 Å². The topological polar surface area (TPSA) is 12.0 Å². The summed E-state index contributed by atoms with van der Waals surface area (Å²) in [5.74, 6) is 0.660. The molecule has 72 valence electrons. The molecule has 0 atom stereocenters. The van der Waals surface area contributed by atoms with Crippen LogP contribution in [0.4, 0.5) is 0 Å². The van der Waals surface area contributed by atoms with Crippen LogP contribution in [0.2, 0.25) is 0 Å². The van der Waals surface area contributed by atoms with Crippen LogP contribution in [0.25, 0.3) is 0 Å². The van der Waals surface area contributed by atoms with E-state index >= 15 is 0 Å². The minimum Gasteiger partial charge on any atom is -0.311 e. The molecule has 0 unspecified atom stereocenters. The second-order valence-electron chi connectivity index (χ2n) is 2.94. The first-order valence-corrected chi connectivity index (χ1v) is 5.58. The van der Waals surface area contributed by atoms with Crippen LogP contribution in [0.5, 0.6) is 0 Å². The van der Waals surface area contributed by atoms with Gasteiger partial charge in [0.15, 0.2) is 0 Å². The van der Waals surface area contributed by atoms with Crippen LogP contribution in [0.3, 0.4) is 0 Å². The van der Waals surface area contributed by atoms with Crippen molar-refractivity contribution >= 4 is 27.5 Å². The van der Waals surface area contributed by atoms with Gasteiger partial charge in [-0.15, -0.1) is 11.6 Å². The number of hydrogen-bond acceptors (Lipinski definition) is 1. The van der Waals surface area contributed by atoms with Crippen molar-refractivity contribution in [1.82, 2.24) is 5.32 Å². The van der Waals surface area contributed by atoms with Crippen LogP contribution >= 0.6 is 27.5 Å².